The van der Waals surface area contributed by atoms with Crippen molar-refractivity contribution >= 4 is 22.9 Å². The second-order valence-corrected chi connectivity index (χ2v) is 3.47. The van der Waals surface area contributed by atoms with Crippen LogP contribution in [-0.4, -0.2) is 5.11 Å². The Labute approximate surface area is 83.0 Å². The molecule has 0 saturated carbocycles. The van der Waals surface area contributed by atoms with Gasteiger partial charge in [0.1, 0.15) is 0 Å². The molecule has 0 aromatic carbocycles. The van der Waals surface area contributed by atoms with E-state index in [0.29, 0.717) is 5.02 Å². The standard InChI is InChI=1S/C7H9ClOS.C2H6/c1-2-6(9)7-3-5(8)4-10-7;1-2/h3-4,6,9H,2H2,1H3;1-2H3. The van der Waals surface area contributed by atoms with Crippen LogP contribution in [0.15, 0.2) is 11.4 Å². The zero-order valence-corrected chi connectivity index (χ0v) is 9.25. The Kier molecular flexibility index (Phi) is 6.44. The maximum absolute atomic E-state index is 9.29. The molecule has 0 saturated heterocycles. The van der Waals surface area contributed by atoms with Crippen LogP contribution in [-0.2, 0) is 0 Å². The zero-order chi connectivity index (χ0) is 9.56. The van der Waals surface area contributed by atoms with Crippen molar-refractivity contribution in [1.82, 2.24) is 0 Å². The van der Waals surface area contributed by atoms with E-state index in [1.807, 2.05) is 26.2 Å². The second kappa shape index (κ2) is 6.46. The minimum Gasteiger partial charge on any atom is -0.388 e. The highest BCUT2D eigenvalue weighted by molar-refractivity contribution is 7.10. The summed E-state index contributed by atoms with van der Waals surface area (Å²) >= 11 is 7.16. The van der Waals surface area contributed by atoms with Crippen LogP contribution in [0.3, 0.4) is 0 Å². The first-order chi connectivity index (χ1) is 5.74. The molecule has 0 aliphatic heterocycles. The molecule has 1 atom stereocenters. The smallest absolute Gasteiger partial charge is 0.0879 e. The highest BCUT2D eigenvalue weighted by atomic mass is 35.5. The van der Waals surface area contributed by atoms with E-state index in [0.717, 1.165) is 11.3 Å². The molecule has 1 nitrogen and oxygen atoms in total. The van der Waals surface area contributed by atoms with Crippen molar-refractivity contribution in [3.8, 4) is 0 Å². The van der Waals surface area contributed by atoms with E-state index in [4.69, 9.17) is 11.6 Å². The number of halogens is 1. The van der Waals surface area contributed by atoms with Crippen molar-refractivity contribution in [2.24, 2.45) is 0 Å². The minimum absolute atomic E-state index is 0.336. The van der Waals surface area contributed by atoms with Gasteiger partial charge in [-0.3, -0.25) is 0 Å². The topological polar surface area (TPSA) is 20.2 Å². The molecule has 1 N–H and O–H groups in total. The number of aliphatic hydroxyl groups is 1. The van der Waals surface area contributed by atoms with Crippen LogP contribution in [0, 0.1) is 0 Å². The fraction of sp³-hybridized carbons (Fsp3) is 0.556. The van der Waals surface area contributed by atoms with Crippen molar-refractivity contribution in [1.29, 1.82) is 0 Å². The molecule has 0 spiro atoms. The first-order valence-electron chi connectivity index (χ1n) is 4.16. The summed E-state index contributed by atoms with van der Waals surface area (Å²) in [7, 11) is 0. The highest BCUT2D eigenvalue weighted by Crippen LogP contribution is 2.26. The Hall–Kier alpha value is -0.0500. The van der Waals surface area contributed by atoms with E-state index in [1.54, 1.807) is 6.07 Å². The molecule has 1 heterocycles. The molecular formula is C9H15ClOS. The molecule has 1 aromatic rings. The molecule has 0 aliphatic rings. The molecule has 0 radical (unpaired) electrons. The van der Waals surface area contributed by atoms with Crippen molar-refractivity contribution in [3.05, 3.63) is 21.3 Å². The van der Waals surface area contributed by atoms with Crippen molar-refractivity contribution in [2.75, 3.05) is 0 Å². The molecule has 1 aromatic heterocycles. The van der Waals surface area contributed by atoms with Crippen molar-refractivity contribution in [2.45, 2.75) is 33.3 Å². The summed E-state index contributed by atoms with van der Waals surface area (Å²) in [6, 6.07) is 1.81. The molecule has 1 rings (SSSR count). The van der Waals surface area contributed by atoms with Gasteiger partial charge < -0.3 is 5.11 Å². The van der Waals surface area contributed by atoms with Crippen LogP contribution in [0.1, 0.15) is 38.2 Å². The van der Waals surface area contributed by atoms with Gasteiger partial charge in [0.25, 0.3) is 0 Å². The van der Waals surface area contributed by atoms with Crippen LogP contribution >= 0.6 is 22.9 Å². The van der Waals surface area contributed by atoms with Gasteiger partial charge in [-0.25, -0.2) is 0 Å². The van der Waals surface area contributed by atoms with Gasteiger partial charge in [-0.05, 0) is 12.5 Å². The lowest BCUT2D eigenvalue weighted by atomic mass is 10.2. The average molecular weight is 207 g/mol. The molecule has 0 bridgehead atoms. The fourth-order valence-electron chi connectivity index (χ4n) is 0.704. The molecule has 0 aliphatic carbocycles. The molecule has 0 amide bonds. The van der Waals surface area contributed by atoms with Gasteiger partial charge in [0, 0.05) is 10.3 Å². The van der Waals surface area contributed by atoms with Gasteiger partial charge in [-0.2, -0.15) is 0 Å². The Morgan fingerprint density at radius 3 is 2.50 bits per heavy atom. The third-order valence-electron chi connectivity index (χ3n) is 1.30. The van der Waals surface area contributed by atoms with Gasteiger partial charge >= 0.3 is 0 Å². The summed E-state index contributed by atoms with van der Waals surface area (Å²) in [6.07, 6.45) is 0.411. The van der Waals surface area contributed by atoms with Gasteiger partial charge in [-0.1, -0.05) is 32.4 Å². The van der Waals surface area contributed by atoms with Crippen molar-refractivity contribution in [3.63, 3.8) is 0 Å². The van der Waals surface area contributed by atoms with E-state index < -0.39 is 0 Å². The number of aliphatic hydroxyl groups excluding tert-OH is 1. The van der Waals surface area contributed by atoms with Crippen LogP contribution < -0.4 is 0 Å². The van der Waals surface area contributed by atoms with E-state index >= 15 is 0 Å². The Bertz CT molecular complexity index is 210. The van der Waals surface area contributed by atoms with E-state index in [9.17, 15) is 5.11 Å². The van der Waals surface area contributed by atoms with Crippen LogP contribution in [0.2, 0.25) is 5.02 Å². The molecule has 1 unspecified atom stereocenters. The number of hydrogen-bond donors (Lipinski definition) is 1. The summed E-state index contributed by atoms with van der Waals surface area (Å²) in [5.41, 5.74) is 0. The maximum atomic E-state index is 9.29. The van der Waals surface area contributed by atoms with E-state index in [1.165, 1.54) is 11.3 Å². The summed E-state index contributed by atoms with van der Waals surface area (Å²) in [5, 5.41) is 11.8. The van der Waals surface area contributed by atoms with Gasteiger partial charge in [-0.15, -0.1) is 11.3 Å². The number of hydrogen-bond acceptors (Lipinski definition) is 2. The van der Waals surface area contributed by atoms with Crippen LogP contribution in [0.5, 0.6) is 0 Å². The Balaban J connectivity index is 0.000000561. The normalized spacial score (nSPS) is 11.8. The SMILES string of the molecule is CC.CCC(O)c1cc(Cl)cs1. The van der Waals surface area contributed by atoms with Crippen LogP contribution in [0.4, 0.5) is 0 Å². The summed E-state index contributed by atoms with van der Waals surface area (Å²) < 4.78 is 0. The van der Waals surface area contributed by atoms with Gasteiger partial charge in [0.2, 0.25) is 0 Å². The summed E-state index contributed by atoms with van der Waals surface area (Å²) in [6.45, 7) is 5.94. The highest BCUT2D eigenvalue weighted by Gasteiger charge is 2.06. The maximum Gasteiger partial charge on any atom is 0.0879 e. The lowest BCUT2D eigenvalue weighted by Gasteiger charge is -2.01. The number of rotatable bonds is 2. The Morgan fingerprint density at radius 2 is 2.17 bits per heavy atom. The first kappa shape index (κ1) is 11.9. The lowest BCUT2D eigenvalue weighted by Crippen LogP contribution is -1.89. The predicted octanol–water partition coefficient (Wildman–Crippen LogP) is 3.87. The van der Waals surface area contributed by atoms with Crippen molar-refractivity contribution < 1.29 is 5.11 Å². The molecule has 12 heavy (non-hydrogen) atoms. The third kappa shape index (κ3) is 3.57. The molecular weight excluding hydrogens is 192 g/mol. The monoisotopic (exact) mass is 206 g/mol. The first-order valence-corrected chi connectivity index (χ1v) is 5.41. The minimum atomic E-state index is -0.336. The molecule has 0 fully saturated rings. The third-order valence-corrected chi connectivity index (χ3v) is 2.68. The zero-order valence-electron chi connectivity index (χ0n) is 7.67. The molecule has 70 valence electrons. The van der Waals surface area contributed by atoms with E-state index in [2.05, 4.69) is 0 Å². The summed E-state index contributed by atoms with van der Waals surface area (Å²) in [4.78, 5) is 0.951. The fourth-order valence-corrected chi connectivity index (χ4v) is 1.86. The van der Waals surface area contributed by atoms with Gasteiger partial charge in [0.05, 0.1) is 11.1 Å². The summed E-state index contributed by atoms with van der Waals surface area (Å²) in [5.74, 6) is 0. The van der Waals surface area contributed by atoms with Crippen LogP contribution in [0.25, 0.3) is 0 Å². The number of thiophene rings is 1. The Morgan fingerprint density at radius 1 is 1.58 bits per heavy atom. The molecule has 3 heteroatoms. The second-order valence-electron chi connectivity index (χ2n) is 2.09. The van der Waals surface area contributed by atoms with Gasteiger partial charge in [0.15, 0.2) is 0 Å². The van der Waals surface area contributed by atoms with E-state index in [-0.39, 0.29) is 6.10 Å². The predicted molar refractivity (Wildman–Crippen MR) is 55.9 cm³/mol. The average Bonchev–Trinajstić information content (AvgIpc) is 2.54. The largest absolute Gasteiger partial charge is 0.388 e. The quantitative estimate of drug-likeness (QED) is 0.779. The lowest BCUT2D eigenvalue weighted by molar-refractivity contribution is 0.177.